The Morgan fingerprint density at radius 3 is 2.75 bits per heavy atom. The minimum absolute atomic E-state index is 0.211. The van der Waals surface area contributed by atoms with E-state index in [2.05, 4.69) is 25.3 Å². The molecule has 1 aromatic carbocycles. The maximum atomic E-state index is 12.3. The molecule has 2 aromatic rings. The van der Waals surface area contributed by atoms with E-state index in [1.807, 2.05) is 31.2 Å². The smallest absolute Gasteiger partial charge is 0.240 e. The van der Waals surface area contributed by atoms with Gasteiger partial charge in [-0.15, -0.1) is 0 Å². The van der Waals surface area contributed by atoms with Crippen LogP contribution < -0.4 is 15.4 Å². The van der Waals surface area contributed by atoms with E-state index < -0.39 is 10.0 Å². The molecule has 2 rings (SSSR count). The van der Waals surface area contributed by atoms with Gasteiger partial charge in [0.15, 0.2) is 5.96 Å². The van der Waals surface area contributed by atoms with Gasteiger partial charge in [-0.05, 0) is 36.8 Å². The van der Waals surface area contributed by atoms with Gasteiger partial charge in [-0.2, -0.15) is 0 Å². The Balaban J connectivity index is 2.03. The minimum atomic E-state index is -3.57. The largest absolute Gasteiger partial charge is 0.383 e. The van der Waals surface area contributed by atoms with Crippen LogP contribution in [-0.4, -0.2) is 46.2 Å². The van der Waals surface area contributed by atoms with Crippen molar-refractivity contribution in [2.24, 2.45) is 4.99 Å². The van der Waals surface area contributed by atoms with Gasteiger partial charge in [0, 0.05) is 26.4 Å². The van der Waals surface area contributed by atoms with E-state index in [0.29, 0.717) is 32.2 Å². The second-order valence-corrected chi connectivity index (χ2v) is 7.67. The summed E-state index contributed by atoms with van der Waals surface area (Å²) in [4.78, 5) is 9.01. The lowest BCUT2D eigenvalue weighted by Gasteiger charge is -2.11. The molecular formula is C19H27N5O3S. The van der Waals surface area contributed by atoms with Gasteiger partial charge in [0.1, 0.15) is 0 Å². The van der Waals surface area contributed by atoms with Crippen LogP contribution in [0, 0.1) is 0 Å². The molecule has 8 nitrogen and oxygen atoms in total. The normalized spacial score (nSPS) is 12.0. The Hall–Kier alpha value is -2.49. The number of guanidine groups is 1. The lowest BCUT2D eigenvalue weighted by molar-refractivity contribution is 0.204. The van der Waals surface area contributed by atoms with Crippen LogP contribution >= 0.6 is 0 Å². The molecule has 0 fully saturated rings. The average molecular weight is 406 g/mol. The van der Waals surface area contributed by atoms with Crippen LogP contribution in [0.2, 0.25) is 0 Å². The molecule has 0 aliphatic carbocycles. The van der Waals surface area contributed by atoms with Crippen molar-refractivity contribution < 1.29 is 13.2 Å². The number of nitrogens with zero attached hydrogens (tertiary/aromatic N) is 2. The van der Waals surface area contributed by atoms with Crippen LogP contribution in [0.25, 0.3) is 0 Å². The van der Waals surface area contributed by atoms with Crippen LogP contribution in [0.1, 0.15) is 18.2 Å². The number of pyridine rings is 1. The van der Waals surface area contributed by atoms with E-state index in [-0.39, 0.29) is 11.4 Å². The highest BCUT2D eigenvalue weighted by Crippen LogP contribution is 2.12. The number of aromatic nitrogens is 1. The summed E-state index contributed by atoms with van der Waals surface area (Å²) < 4.78 is 32.0. The van der Waals surface area contributed by atoms with E-state index >= 15 is 0 Å². The van der Waals surface area contributed by atoms with Crippen molar-refractivity contribution >= 4 is 16.0 Å². The number of nitrogens with one attached hydrogen (secondary N) is 3. The van der Waals surface area contributed by atoms with Crippen molar-refractivity contribution in [2.45, 2.75) is 24.9 Å². The standard InChI is InChI=1S/C19H27N5O3S/c1-3-20-19(23-15-17-8-4-5-10-21-17)22-14-16-7-6-9-18(13-16)28(25,26)24-11-12-27-2/h4-10,13,24H,3,11-12,14-15H2,1-2H3,(H2,20,22,23). The lowest BCUT2D eigenvalue weighted by Crippen LogP contribution is -2.37. The molecule has 0 amide bonds. The first-order valence-electron chi connectivity index (χ1n) is 9.05. The van der Waals surface area contributed by atoms with Gasteiger partial charge in [-0.3, -0.25) is 4.98 Å². The summed E-state index contributed by atoms with van der Waals surface area (Å²) >= 11 is 0. The molecule has 28 heavy (non-hydrogen) atoms. The van der Waals surface area contributed by atoms with Gasteiger partial charge >= 0.3 is 0 Å². The van der Waals surface area contributed by atoms with Crippen molar-refractivity contribution in [1.82, 2.24) is 20.3 Å². The highest BCUT2D eigenvalue weighted by atomic mass is 32.2. The molecule has 0 saturated carbocycles. The lowest BCUT2D eigenvalue weighted by atomic mass is 10.2. The fraction of sp³-hybridized carbons (Fsp3) is 0.368. The zero-order valence-electron chi connectivity index (χ0n) is 16.2. The quantitative estimate of drug-likeness (QED) is 0.312. The molecule has 0 aliphatic heterocycles. The van der Waals surface area contributed by atoms with Crippen LogP contribution in [-0.2, 0) is 27.8 Å². The molecule has 152 valence electrons. The molecular weight excluding hydrogens is 378 g/mol. The summed E-state index contributed by atoms with van der Waals surface area (Å²) in [5.41, 5.74) is 1.70. The minimum Gasteiger partial charge on any atom is -0.383 e. The predicted octanol–water partition coefficient (Wildman–Crippen LogP) is 1.26. The van der Waals surface area contributed by atoms with Gasteiger partial charge in [0.05, 0.1) is 30.3 Å². The van der Waals surface area contributed by atoms with Crippen LogP contribution in [0.3, 0.4) is 0 Å². The molecule has 0 radical (unpaired) electrons. The summed E-state index contributed by atoms with van der Waals surface area (Å²) in [6.45, 7) is 4.13. The van der Waals surface area contributed by atoms with E-state index in [0.717, 1.165) is 11.3 Å². The summed E-state index contributed by atoms with van der Waals surface area (Å²) in [5, 5.41) is 6.39. The van der Waals surface area contributed by atoms with Gasteiger partial charge < -0.3 is 15.4 Å². The molecule has 9 heteroatoms. The number of hydrogen-bond acceptors (Lipinski definition) is 5. The van der Waals surface area contributed by atoms with E-state index in [1.54, 1.807) is 24.4 Å². The zero-order chi connectivity index (χ0) is 20.2. The summed E-state index contributed by atoms with van der Waals surface area (Å²) in [7, 11) is -2.04. The number of hydrogen-bond donors (Lipinski definition) is 3. The van der Waals surface area contributed by atoms with Crippen LogP contribution in [0.15, 0.2) is 58.5 Å². The number of benzene rings is 1. The molecule has 0 aliphatic rings. The van der Waals surface area contributed by atoms with Crippen molar-refractivity contribution in [2.75, 3.05) is 26.8 Å². The number of ether oxygens (including phenoxy) is 1. The maximum absolute atomic E-state index is 12.3. The molecule has 1 heterocycles. The van der Waals surface area contributed by atoms with Crippen LogP contribution in [0.5, 0.6) is 0 Å². The monoisotopic (exact) mass is 405 g/mol. The van der Waals surface area contributed by atoms with Crippen molar-refractivity contribution in [3.8, 4) is 0 Å². The van der Waals surface area contributed by atoms with Crippen molar-refractivity contribution in [3.63, 3.8) is 0 Å². The first-order chi connectivity index (χ1) is 13.5. The topological polar surface area (TPSA) is 105 Å². The summed E-state index contributed by atoms with van der Waals surface area (Å²) in [6, 6.07) is 12.5. The Labute approximate surface area is 166 Å². The number of aliphatic imine (C=N–C) groups is 1. The van der Waals surface area contributed by atoms with E-state index in [1.165, 1.54) is 7.11 Å². The number of rotatable bonds is 10. The maximum Gasteiger partial charge on any atom is 0.240 e. The molecule has 1 aromatic heterocycles. The molecule has 3 N–H and O–H groups in total. The fourth-order valence-electron chi connectivity index (χ4n) is 2.36. The predicted molar refractivity (Wildman–Crippen MR) is 109 cm³/mol. The van der Waals surface area contributed by atoms with Gasteiger partial charge in [-0.1, -0.05) is 18.2 Å². The van der Waals surface area contributed by atoms with Crippen LogP contribution in [0.4, 0.5) is 0 Å². The third kappa shape index (κ3) is 7.26. The Bertz CT molecular complexity index is 857. The summed E-state index contributed by atoms with van der Waals surface area (Å²) in [6.07, 6.45) is 1.74. The van der Waals surface area contributed by atoms with Crippen molar-refractivity contribution in [1.29, 1.82) is 0 Å². The molecule has 0 spiro atoms. The molecule has 0 unspecified atom stereocenters. The highest BCUT2D eigenvalue weighted by molar-refractivity contribution is 7.89. The summed E-state index contributed by atoms with van der Waals surface area (Å²) in [5.74, 6) is 0.639. The second kappa shape index (κ2) is 11.4. The van der Waals surface area contributed by atoms with Gasteiger partial charge in [-0.25, -0.2) is 18.1 Å². The SMILES string of the molecule is CCNC(=NCc1cccc(S(=O)(=O)NCCOC)c1)NCc1ccccn1. The number of methoxy groups -OCH3 is 1. The van der Waals surface area contributed by atoms with Crippen molar-refractivity contribution in [3.05, 3.63) is 59.9 Å². The Morgan fingerprint density at radius 1 is 1.18 bits per heavy atom. The highest BCUT2D eigenvalue weighted by Gasteiger charge is 2.13. The zero-order valence-corrected chi connectivity index (χ0v) is 17.0. The number of sulfonamides is 1. The first kappa shape index (κ1) is 21.8. The van der Waals surface area contributed by atoms with Gasteiger partial charge in [0.25, 0.3) is 0 Å². The second-order valence-electron chi connectivity index (χ2n) is 5.91. The third-order valence-electron chi connectivity index (χ3n) is 3.73. The fourth-order valence-corrected chi connectivity index (χ4v) is 3.44. The van der Waals surface area contributed by atoms with E-state index in [4.69, 9.17) is 4.74 Å². The molecule has 0 atom stereocenters. The average Bonchev–Trinajstić information content (AvgIpc) is 2.71. The third-order valence-corrected chi connectivity index (χ3v) is 5.19. The van der Waals surface area contributed by atoms with E-state index in [9.17, 15) is 8.42 Å². The van der Waals surface area contributed by atoms with Gasteiger partial charge in [0.2, 0.25) is 10.0 Å². The Morgan fingerprint density at radius 2 is 2.04 bits per heavy atom. The first-order valence-corrected chi connectivity index (χ1v) is 10.5. The Kier molecular flexibility index (Phi) is 8.86. The molecule has 0 bridgehead atoms. The molecule has 0 saturated heterocycles.